The van der Waals surface area contributed by atoms with Crippen LogP contribution in [0.2, 0.25) is 0 Å². The molecule has 0 aromatic carbocycles. The van der Waals surface area contributed by atoms with Crippen LogP contribution in [0.1, 0.15) is 18.4 Å². The minimum Gasteiger partial charge on any atom is -0.472 e. The van der Waals surface area contributed by atoms with E-state index >= 15 is 0 Å². The van der Waals surface area contributed by atoms with Crippen LogP contribution in [-0.2, 0) is 11.2 Å². The van der Waals surface area contributed by atoms with Crippen LogP contribution in [-0.4, -0.2) is 42.8 Å². The molecule has 1 aromatic rings. The summed E-state index contributed by atoms with van der Waals surface area (Å²) in [6.07, 6.45) is 7.04. The number of nitrogens with one attached hydrogen (secondary N) is 1. The van der Waals surface area contributed by atoms with Crippen molar-refractivity contribution in [2.75, 3.05) is 19.7 Å². The average Bonchev–Trinajstić information content (AvgIpc) is 3.06. The lowest BCUT2D eigenvalue weighted by atomic mass is 10.0. The zero-order valence-corrected chi connectivity index (χ0v) is 10.5. The first-order valence-corrected chi connectivity index (χ1v) is 6.69. The summed E-state index contributed by atoms with van der Waals surface area (Å²) >= 11 is 0. The van der Waals surface area contributed by atoms with Gasteiger partial charge in [-0.25, -0.2) is 0 Å². The molecule has 3 heterocycles. The number of ether oxygens (including phenoxy) is 1. The van der Waals surface area contributed by atoms with E-state index in [1.165, 1.54) is 19.4 Å². The Balaban J connectivity index is 1.61. The molecule has 5 nitrogen and oxygen atoms in total. The first-order chi connectivity index (χ1) is 8.86. The fourth-order valence-electron chi connectivity index (χ4n) is 3.05. The van der Waals surface area contributed by atoms with E-state index in [0.717, 1.165) is 25.1 Å². The van der Waals surface area contributed by atoms with Crippen LogP contribution in [0.15, 0.2) is 23.0 Å². The maximum atomic E-state index is 5.98. The lowest BCUT2D eigenvalue weighted by molar-refractivity contribution is -0.0644. The summed E-state index contributed by atoms with van der Waals surface area (Å²) in [5, 5.41) is 0. The molecule has 0 aliphatic carbocycles. The molecule has 1 aromatic heterocycles. The van der Waals surface area contributed by atoms with Crippen molar-refractivity contribution in [1.29, 1.82) is 0 Å². The zero-order valence-electron chi connectivity index (χ0n) is 10.5. The number of nitrogens with zero attached hydrogens (tertiary/aromatic N) is 1. The molecule has 2 saturated heterocycles. The van der Waals surface area contributed by atoms with Gasteiger partial charge in [0.2, 0.25) is 0 Å². The van der Waals surface area contributed by atoms with E-state index in [-0.39, 0.29) is 12.1 Å². The van der Waals surface area contributed by atoms with E-state index in [0.29, 0.717) is 6.04 Å². The smallest absolute Gasteiger partial charge is 0.0935 e. The highest BCUT2D eigenvalue weighted by Gasteiger charge is 2.35. The Bertz CT molecular complexity index is 368. The summed E-state index contributed by atoms with van der Waals surface area (Å²) in [4.78, 5) is 2.54. The molecule has 2 aliphatic heterocycles. The van der Waals surface area contributed by atoms with Gasteiger partial charge in [-0.1, -0.05) is 0 Å². The topological polar surface area (TPSA) is 63.7 Å². The number of hydrogen-bond acceptors (Lipinski definition) is 5. The van der Waals surface area contributed by atoms with Crippen molar-refractivity contribution in [1.82, 2.24) is 10.3 Å². The van der Waals surface area contributed by atoms with Gasteiger partial charge in [0.1, 0.15) is 0 Å². The van der Waals surface area contributed by atoms with Crippen LogP contribution in [0.25, 0.3) is 0 Å². The van der Waals surface area contributed by atoms with Gasteiger partial charge in [0.25, 0.3) is 0 Å². The second-order valence-corrected chi connectivity index (χ2v) is 5.27. The van der Waals surface area contributed by atoms with Crippen LogP contribution in [0.4, 0.5) is 0 Å². The predicted octanol–water partition coefficient (Wildman–Crippen LogP) is 0.517. The third kappa shape index (κ3) is 2.44. The SMILES string of the molecule is NNC(Cc1ccoc1)C1CN2CCCC2CO1. The summed E-state index contributed by atoms with van der Waals surface area (Å²) in [5.41, 5.74) is 4.05. The first kappa shape index (κ1) is 12.2. The highest BCUT2D eigenvalue weighted by molar-refractivity contribution is 5.08. The van der Waals surface area contributed by atoms with E-state index in [9.17, 15) is 0 Å². The fourth-order valence-corrected chi connectivity index (χ4v) is 3.05. The van der Waals surface area contributed by atoms with Crippen LogP contribution < -0.4 is 11.3 Å². The maximum Gasteiger partial charge on any atom is 0.0935 e. The molecule has 18 heavy (non-hydrogen) atoms. The molecule has 3 unspecified atom stereocenters. The van der Waals surface area contributed by atoms with Crippen LogP contribution in [0.5, 0.6) is 0 Å². The Labute approximate surface area is 107 Å². The summed E-state index contributed by atoms with van der Waals surface area (Å²) < 4.78 is 11.1. The molecule has 0 saturated carbocycles. The van der Waals surface area contributed by atoms with Gasteiger partial charge in [-0.15, -0.1) is 0 Å². The number of fused-ring (bicyclic) bond motifs is 1. The second-order valence-electron chi connectivity index (χ2n) is 5.27. The van der Waals surface area contributed by atoms with E-state index in [4.69, 9.17) is 15.0 Å². The van der Waals surface area contributed by atoms with E-state index in [2.05, 4.69) is 10.3 Å². The van der Waals surface area contributed by atoms with Crippen molar-refractivity contribution >= 4 is 0 Å². The monoisotopic (exact) mass is 251 g/mol. The van der Waals surface area contributed by atoms with Gasteiger partial charge in [0.15, 0.2) is 0 Å². The van der Waals surface area contributed by atoms with Crippen LogP contribution in [0.3, 0.4) is 0 Å². The van der Waals surface area contributed by atoms with Gasteiger partial charge in [-0.2, -0.15) is 0 Å². The van der Waals surface area contributed by atoms with Crippen molar-refractivity contribution in [3.8, 4) is 0 Å². The quantitative estimate of drug-likeness (QED) is 0.603. The molecule has 2 fully saturated rings. The maximum absolute atomic E-state index is 5.98. The molecule has 0 amide bonds. The second kappa shape index (κ2) is 5.40. The van der Waals surface area contributed by atoms with Gasteiger partial charge in [0.05, 0.1) is 31.3 Å². The van der Waals surface area contributed by atoms with Crippen molar-refractivity contribution < 1.29 is 9.15 Å². The van der Waals surface area contributed by atoms with Crippen molar-refractivity contribution in [2.45, 2.75) is 37.5 Å². The standard InChI is InChI=1S/C13H21N3O2/c14-15-12(6-10-3-5-17-8-10)13-7-16-4-1-2-11(16)9-18-13/h3,5,8,11-13,15H,1-2,4,6-7,9,14H2. The molecule has 0 spiro atoms. The number of morpholine rings is 1. The Morgan fingerprint density at radius 1 is 1.56 bits per heavy atom. The number of hydrogen-bond donors (Lipinski definition) is 2. The number of hydrazine groups is 1. The largest absolute Gasteiger partial charge is 0.472 e. The van der Waals surface area contributed by atoms with Crippen LogP contribution in [0, 0.1) is 0 Å². The average molecular weight is 251 g/mol. The third-order valence-electron chi connectivity index (χ3n) is 4.11. The van der Waals surface area contributed by atoms with Gasteiger partial charge in [-0.05, 0) is 37.4 Å². The molecule has 0 radical (unpaired) electrons. The Morgan fingerprint density at radius 2 is 2.50 bits per heavy atom. The lowest BCUT2D eigenvalue weighted by Crippen LogP contribution is -2.56. The summed E-state index contributed by atoms with van der Waals surface area (Å²) in [6, 6.07) is 2.75. The Morgan fingerprint density at radius 3 is 3.28 bits per heavy atom. The number of furan rings is 1. The molecule has 2 aliphatic rings. The van der Waals surface area contributed by atoms with Crippen molar-refractivity contribution in [3.63, 3.8) is 0 Å². The van der Waals surface area contributed by atoms with E-state index in [1.807, 2.05) is 6.07 Å². The van der Waals surface area contributed by atoms with E-state index in [1.54, 1.807) is 12.5 Å². The normalized spacial score (nSPS) is 30.3. The highest BCUT2D eigenvalue weighted by Crippen LogP contribution is 2.24. The predicted molar refractivity (Wildman–Crippen MR) is 67.9 cm³/mol. The minimum atomic E-state index is 0.143. The van der Waals surface area contributed by atoms with Gasteiger partial charge >= 0.3 is 0 Å². The molecule has 3 atom stereocenters. The van der Waals surface area contributed by atoms with Gasteiger partial charge in [-0.3, -0.25) is 16.2 Å². The molecule has 100 valence electrons. The molecular weight excluding hydrogens is 230 g/mol. The fraction of sp³-hybridized carbons (Fsp3) is 0.692. The molecular formula is C13H21N3O2. The number of nitrogens with two attached hydrogens (primary N) is 1. The Kier molecular flexibility index (Phi) is 3.65. The third-order valence-corrected chi connectivity index (χ3v) is 4.11. The minimum absolute atomic E-state index is 0.143. The summed E-state index contributed by atoms with van der Waals surface area (Å²) in [5.74, 6) is 5.68. The summed E-state index contributed by atoms with van der Waals surface area (Å²) in [7, 11) is 0. The summed E-state index contributed by atoms with van der Waals surface area (Å²) in [6.45, 7) is 3.03. The van der Waals surface area contributed by atoms with Crippen molar-refractivity contribution in [3.05, 3.63) is 24.2 Å². The highest BCUT2D eigenvalue weighted by atomic mass is 16.5. The van der Waals surface area contributed by atoms with Crippen molar-refractivity contribution in [2.24, 2.45) is 5.84 Å². The molecule has 3 N–H and O–H groups in total. The molecule has 0 bridgehead atoms. The first-order valence-electron chi connectivity index (χ1n) is 6.69. The molecule has 5 heteroatoms. The number of rotatable bonds is 4. The molecule has 3 rings (SSSR count). The Hall–Kier alpha value is -0.880. The van der Waals surface area contributed by atoms with Crippen LogP contribution >= 0.6 is 0 Å². The van der Waals surface area contributed by atoms with Gasteiger partial charge in [0, 0.05) is 12.6 Å². The zero-order chi connectivity index (χ0) is 12.4. The van der Waals surface area contributed by atoms with Gasteiger partial charge < -0.3 is 9.15 Å². The van der Waals surface area contributed by atoms with E-state index < -0.39 is 0 Å². The lowest BCUT2D eigenvalue weighted by Gasteiger charge is -2.38.